The summed E-state index contributed by atoms with van der Waals surface area (Å²) >= 11 is 3.53. The molecule has 1 aromatic carbocycles. The lowest BCUT2D eigenvalue weighted by Gasteiger charge is -2.10. The van der Waals surface area contributed by atoms with E-state index in [1.165, 1.54) is 10.4 Å². The van der Waals surface area contributed by atoms with Gasteiger partial charge < -0.3 is 10.1 Å². The lowest BCUT2D eigenvalue weighted by Crippen LogP contribution is -2.18. The Kier molecular flexibility index (Phi) is 5.69. The summed E-state index contributed by atoms with van der Waals surface area (Å²) in [4.78, 5) is 1.41. The van der Waals surface area contributed by atoms with E-state index >= 15 is 0 Å². The minimum absolute atomic E-state index is 0.303. The van der Waals surface area contributed by atoms with Crippen molar-refractivity contribution in [1.29, 1.82) is 0 Å². The first kappa shape index (κ1) is 15.9. The van der Waals surface area contributed by atoms with Crippen molar-refractivity contribution in [3.05, 3.63) is 34.1 Å². The molecule has 1 aromatic heterocycles. The summed E-state index contributed by atoms with van der Waals surface area (Å²) in [6, 6.07) is 6.07. The summed E-state index contributed by atoms with van der Waals surface area (Å²) in [5.41, 5.74) is 1.22. The van der Waals surface area contributed by atoms with Crippen LogP contribution in [0.3, 0.4) is 0 Å². The second-order valence-corrected chi connectivity index (χ2v) is 6.13. The number of tetrazole rings is 1. The van der Waals surface area contributed by atoms with Gasteiger partial charge in [-0.15, -0.1) is 10.2 Å². The van der Waals surface area contributed by atoms with Crippen LogP contribution in [-0.4, -0.2) is 26.8 Å². The maximum Gasteiger partial charge on any atom is 0.212 e. The SMILES string of the molecule is CC(C)CNCc1ccc(OCc2nnn(C)n2)c(Br)c1. The third-order valence-electron chi connectivity index (χ3n) is 2.78. The third-order valence-corrected chi connectivity index (χ3v) is 3.40. The minimum atomic E-state index is 0.303. The Morgan fingerprint density at radius 2 is 2.19 bits per heavy atom. The van der Waals surface area contributed by atoms with Crippen LogP contribution in [-0.2, 0) is 20.2 Å². The normalized spacial score (nSPS) is 11.1. The van der Waals surface area contributed by atoms with Crippen molar-refractivity contribution in [3.8, 4) is 5.75 Å². The maximum atomic E-state index is 5.69. The highest BCUT2D eigenvalue weighted by atomic mass is 79.9. The van der Waals surface area contributed by atoms with Gasteiger partial charge in [-0.25, -0.2) is 0 Å². The zero-order valence-electron chi connectivity index (χ0n) is 12.5. The van der Waals surface area contributed by atoms with Crippen molar-refractivity contribution in [3.63, 3.8) is 0 Å². The van der Waals surface area contributed by atoms with Gasteiger partial charge >= 0.3 is 0 Å². The van der Waals surface area contributed by atoms with Gasteiger partial charge in [0.2, 0.25) is 5.82 Å². The van der Waals surface area contributed by atoms with Crippen LogP contribution in [0.15, 0.2) is 22.7 Å². The Bertz CT molecular complexity index is 584. The number of hydrogen-bond acceptors (Lipinski definition) is 5. The molecule has 0 saturated carbocycles. The second-order valence-electron chi connectivity index (χ2n) is 5.27. The molecule has 0 atom stereocenters. The molecule has 0 unspecified atom stereocenters. The molecule has 0 bridgehead atoms. The van der Waals surface area contributed by atoms with E-state index in [4.69, 9.17) is 4.74 Å². The Labute approximate surface area is 133 Å². The molecule has 2 rings (SSSR count). The van der Waals surface area contributed by atoms with Gasteiger partial charge in [0.15, 0.2) is 6.61 Å². The van der Waals surface area contributed by atoms with E-state index in [9.17, 15) is 0 Å². The lowest BCUT2D eigenvalue weighted by molar-refractivity contribution is 0.293. The monoisotopic (exact) mass is 353 g/mol. The first-order chi connectivity index (χ1) is 10.0. The molecule has 6 nitrogen and oxygen atoms in total. The fraction of sp³-hybridized carbons (Fsp3) is 0.500. The van der Waals surface area contributed by atoms with Gasteiger partial charge in [-0.2, -0.15) is 4.80 Å². The molecular formula is C14H20BrN5O. The fourth-order valence-electron chi connectivity index (χ4n) is 1.80. The van der Waals surface area contributed by atoms with Gasteiger partial charge in [-0.3, -0.25) is 0 Å². The molecule has 0 radical (unpaired) electrons. The zero-order valence-corrected chi connectivity index (χ0v) is 14.1. The number of halogens is 1. The number of ether oxygens (including phenoxy) is 1. The van der Waals surface area contributed by atoms with E-state index in [2.05, 4.69) is 62.6 Å². The second kappa shape index (κ2) is 7.51. The van der Waals surface area contributed by atoms with Crippen molar-refractivity contribution in [2.24, 2.45) is 13.0 Å². The summed E-state index contributed by atoms with van der Waals surface area (Å²) in [6.07, 6.45) is 0. The first-order valence-electron chi connectivity index (χ1n) is 6.89. The Hall–Kier alpha value is -1.47. The maximum absolute atomic E-state index is 5.69. The highest BCUT2D eigenvalue weighted by molar-refractivity contribution is 9.10. The summed E-state index contributed by atoms with van der Waals surface area (Å²) in [5.74, 6) is 1.98. The highest BCUT2D eigenvalue weighted by Crippen LogP contribution is 2.26. The Morgan fingerprint density at radius 3 is 2.81 bits per heavy atom. The fourth-order valence-corrected chi connectivity index (χ4v) is 2.34. The molecule has 0 fully saturated rings. The van der Waals surface area contributed by atoms with E-state index in [0.29, 0.717) is 18.3 Å². The average molecular weight is 354 g/mol. The molecule has 0 spiro atoms. The molecule has 0 saturated heterocycles. The van der Waals surface area contributed by atoms with Crippen LogP contribution in [0.4, 0.5) is 0 Å². The lowest BCUT2D eigenvalue weighted by atomic mass is 10.2. The number of benzene rings is 1. The van der Waals surface area contributed by atoms with Crippen LogP contribution in [0.5, 0.6) is 5.75 Å². The molecule has 114 valence electrons. The van der Waals surface area contributed by atoms with Crippen molar-refractivity contribution in [1.82, 2.24) is 25.5 Å². The van der Waals surface area contributed by atoms with Crippen LogP contribution in [0.2, 0.25) is 0 Å². The summed E-state index contributed by atoms with van der Waals surface area (Å²) in [5, 5.41) is 15.1. The standard InChI is InChI=1S/C14H20BrN5O/c1-10(2)7-16-8-11-4-5-13(12(15)6-11)21-9-14-17-19-20(3)18-14/h4-6,10,16H,7-9H2,1-3H3. The average Bonchev–Trinajstić information content (AvgIpc) is 2.83. The van der Waals surface area contributed by atoms with Crippen molar-refractivity contribution in [2.75, 3.05) is 6.54 Å². The van der Waals surface area contributed by atoms with E-state index in [0.717, 1.165) is 23.3 Å². The van der Waals surface area contributed by atoms with Crippen LogP contribution >= 0.6 is 15.9 Å². The molecule has 0 aliphatic heterocycles. The molecule has 1 N–H and O–H groups in total. The van der Waals surface area contributed by atoms with Crippen LogP contribution in [0, 0.1) is 5.92 Å². The predicted octanol–water partition coefficient (Wildman–Crippen LogP) is 2.30. The van der Waals surface area contributed by atoms with E-state index in [1.807, 2.05) is 6.07 Å². The molecule has 2 aromatic rings. The molecular weight excluding hydrogens is 334 g/mol. The molecule has 21 heavy (non-hydrogen) atoms. The molecule has 0 aliphatic rings. The molecule has 7 heteroatoms. The largest absolute Gasteiger partial charge is 0.484 e. The Morgan fingerprint density at radius 1 is 1.38 bits per heavy atom. The van der Waals surface area contributed by atoms with Gasteiger partial charge in [0, 0.05) is 6.54 Å². The van der Waals surface area contributed by atoms with Gasteiger partial charge in [-0.1, -0.05) is 19.9 Å². The van der Waals surface area contributed by atoms with Crippen molar-refractivity contribution in [2.45, 2.75) is 27.0 Å². The molecule has 0 amide bonds. The summed E-state index contributed by atoms with van der Waals surface area (Å²) in [6.45, 7) is 6.55. The number of hydrogen-bond donors (Lipinski definition) is 1. The third kappa shape index (κ3) is 5.09. The number of aromatic nitrogens is 4. The summed E-state index contributed by atoms with van der Waals surface area (Å²) in [7, 11) is 1.73. The van der Waals surface area contributed by atoms with Gasteiger partial charge in [0.1, 0.15) is 5.75 Å². The number of aryl methyl sites for hydroxylation is 1. The zero-order chi connectivity index (χ0) is 15.2. The Balaban J connectivity index is 1.89. The predicted molar refractivity (Wildman–Crippen MR) is 83.8 cm³/mol. The van der Waals surface area contributed by atoms with E-state index in [-0.39, 0.29) is 0 Å². The van der Waals surface area contributed by atoms with E-state index < -0.39 is 0 Å². The quantitative estimate of drug-likeness (QED) is 0.827. The summed E-state index contributed by atoms with van der Waals surface area (Å²) < 4.78 is 6.61. The van der Waals surface area contributed by atoms with Crippen LogP contribution in [0.1, 0.15) is 25.2 Å². The van der Waals surface area contributed by atoms with Gasteiger partial charge in [0.25, 0.3) is 0 Å². The number of nitrogens with one attached hydrogen (secondary N) is 1. The minimum Gasteiger partial charge on any atom is -0.484 e. The molecule has 1 heterocycles. The van der Waals surface area contributed by atoms with E-state index in [1.54, 1.807) is 7.05 Å². The topological polar surface area (TPSA) is 64.9 Å². The number of rotatable bonds is 7. The van der Waals surface area contributed by atoms with Crippen LogP contribution in [0.25, 0.3) is 0 Å². The van der Waals surface area contributed by atoms with Crippen molar-refractivity contribution >= 4 is 15.9 Å². The highest BCUT2D eigenvalue weighted by Gasteiger charge is 2.06. The molecule has 0 aliphatic carbocycles. The smallest absolute Gasteiger partial charge is 0.212 e. The van der Waals surface area contributed by atoms with Gasteiger partial charge in [0.05, 0.1) is 11.5 Å². The van der Waals surface area contributed by atoms with Crippen LogP contribution < -0.4 is 10.1 Å². The first-order valence-corrected chi connectivity index (χ1v) is 7.68. The van der Waals surface area contributed by atoms with Crippen molar-refractivity contribution < 1.29 is 4.74 Å². The number of nitrogens with zero attached hydrogens (tertiary/aromatic N) is 4. The van der Waals surface area contributed by atoms with Gasteiger partial charge in [-0.05, 0) is 51.3 Å².